The van der Waals surface area contributed by atoms with Gasteiger partial charge in [-0.3, -0.25) is 0 Å². The third kappa shape index (κ3) is 4.05. The summed E-state index contributed by atoms with van der Waals surface area (Å²) in [6.45, 7) is 3.90. The number of carbonyl (C=O) groups excluding carboxylic acids is 1. The van der Waals surface area contributed by atoms with Crippen molar-refractivity contribution in [1.82, 2.24) is 19.7 Å². The van der Waals surface area contributed by atoms with E-state index in [0.717, 1.165) is 17.0 Å². The number of aromatic nitrogens is 4. The van der Waals surface area contributed by atoms with Crippen LogP contribution in [0.25, 0.3) is 17.2 Å². The fraction of sp³-hybridized carbons (Fsp3) is 0.130. The molecule has 150 valence electrons. The van der Waals surface area contributed by atoms with E-state index in [4.69, 9.17) is 9.47 Å². The van der Waals surface area contributed by atoms with Crippen LogP contribution >= 0.6 is 0 Å². The Morgan fingerprint density at radius 1 is 0.933 bits per heavy atom. The first-order valence-corrected chi connectivity index (χ1v) is 9.38. The molecule has 0 bridgehead atoms. The van der Waals surface area contributed by atoms with Crippen molar-refractivity contribution < 1.29 is 14.3 Å². The molecule has 0 fully saturated rings. The SMILES string of the molecule is COC(=O)c1ccc(Oc2cc(-n3nc(C)cc3C)nc(-c3ccccc3)n2)cc1. The van der Waals surface area contributed by atoms with Gasteiger partial charge in [0, 0.05) is 17.3 Å². The molecule has 7 heteroatoms. The Balaban J connectivity index is 1.74. The molecule has 0 spiro atoms. The molecule has 0 unspecified atom stereocenters. The summed E-state index contributed by atoms with van der Waals surface area (Å²) in [6.07, 6.45) is 0. The largest absolute Gasteiger partial charge is 0.465 e. The number of ether oxygens (including phenoxy) is 2. The van der Waals surface area contributed by atoms with Gasteiger partial charge >= 0.3 is 5.97 Å². The van der Waals surface area contributed by atoms with E-state index in [1.807, 2.05) is 50.2 Å². The first-order valence-electron chi connectivity index (χ1n) is 9.38. The highest BCUT2D eigenvalue weighted by Gasteiger charge is 2.13. The smallest absolute Gasteiger partial charge is 0.337 e. The number of rotatable bonds is 5. The number of nitrogens with zero attached hydrogens (tertiary/aromatic N) is 4. The zero-order valence-corrected chi connectivity index (χ0v) is 16.9. The normalized spacial score (nSPS) is 10.6. The number of aryl methyl sites for hydroxylation is 2. The van der Waals surface area contributed by atoms with E-state index in [2.05, 4.69) is 15.1 Å². The van der Waals surface area contributed by atoms with Gasteiger partial charge in [0.15, 0.2) is 11.6 Å². The molecule has 30 heavy (non-hydrogen) atoms. The predicted molar refractivity (Wildman–Crippen MR) is 112 cm³/mol. The second kappa shape index (κ2) is 8.16. The highest BCUT2D eigenvalue weighted by atomic mass is 16.5. The molecule has 2 aromatic carbocycles. The van der Waals surface area contributed by atoms with Crippen LogP contribution in [0.4, 0.5) is 0 Å². The molecule has 0 N–H and O–H groups in total. The van der Waals surface area contributed by atoms with Crippen LogP contribution in [-0.2, 0) is 4.74 Å². The van der Waals surface area contributed by atoms with Crippen LogP contribution in [0, 0.1) is 13.8 Å². The molecule has 0 saturated heterocycles. The first-order chi connectivity index (χ1) is 14.5. The first kappa shape index (κ1) is 19.3. The number of benzene rings is 2. The lowest BCUT2D eigenvalue weighted by atomic mass is 10.2. The van der Waals surface area contributed by atoms with E-state index in [0.29, 0.717) is 28.8 Å². The second-order valence-electron chi connectivity index (χ2n) is 6.71. The maximum absolute atomic E-state index is 11.6. The second-order valence-corrected chi connectivity index (χ2v) is 6.71. The number of esters is 1. The van der Waals surface area contributed by atoms with Crippen molar-refractivity contribution in [2.24, 2.45) is 0 Å². The van der Waals surface area contributed by atoms with Gasteiger partial charge in [0.2, 0.25) is 5.88 Å². The number of methoxy groups -OCH3 is 1. The van der Waals surface area contributed by atoms with E-state index < -0.39 is 5.97 Å². The van der Waals surface area contributed by atoms with E-state index >= 15 is 0 Å². The summed E-state index contributed by atoms with van der Waals surface area (Å²) in [5, 5.41) is 4.52. The van der Waals surface area contributed by atoms with Crippen LogP contribution < -0.4 is 4.74 Å². The van der Waals surface area contributed by atoms with Gasteiger partial charge in [-0.2, -0.15) is 10.1 Å². The van der Waals surface area contributed by atoms with Crippen molar-refractivity contribution in [3.05, 3.63) is 83.7 Å². The third-order valence-corrected chi connectivity index (χ3v) is 4.45. The standard InChI is InChI=1S/C23H20N4O3/c1-15-13-16(2)27(26-15)20-14-21(25-22(24-20)17-7-5-4-6-8-17)30-19-11-9-18(10-12-19)23(28)29-3/h4-14H,1-3H3. The molecule has 0 aliphatic heterocycles. The Morgan fingerprint density at radius 2 is 1.67 bits per heavy atom. The quantitative estimate of drug-likeness (QED) is 0.458. The highest BCUT2D eigenvalue weighted by molar-refractivity contribution is 5.89. The maximum Gasteiger partial charge on any atom is 0.337 e. The van der Waals surface area contributed by atoms with Gasteiger partial charge in [0.25, 0.3) is 0 Å². The van der Waals surface area contributed by atoms with E-state index in [1.165, 1.54) is 7.11 Å². The average Bonchev–Trinajstić information content (AvgIpc) is 3.12. The Morgan fingerprint density at radius 3 is 2.30 bits per heavy atom. The summed E-state index contributed by atoms with van der Waals surface area (Å²) in [5.74, 6) is 1.65. The predicted octanol–water partition coefficient (Wildman–Crippen LogP) is 4.53. The Bertz CT molecular complexity index is 1190. The lowest BCUT2D eigenvalue weighted by Gasteiger charge is -2.11. The minimum atomic E-state index is -0.401. The number of hydrogen-bond donors (Lipinski definition) is 0. The van der Waals surface area contributed by atoms with Crippen molar-refractivity contribution in [2.45, 2.75) is 13.8 Å². The van der Waals surface area contributed by atoms with Crippen molar-refractivity contribution in [3.63, 3.8) is 0 Å². The van der Waals surface area contributed by atoms with Crippen LogP contribution in [-0.4, -0.2) is 32.8 Å². The van der Waals surface area contributed by atoms with Crippen molar-refractivity contribution in [2.75, 3.05) is 7.11 Å². The van der Waals surface area contributed by atoms with E-state index in [9.17, 15) is 4.79 Å². The van der Waals surface area contributed by atoms with Crippen molar-refractivity contribution >= 4 is 5.97 Å². The van der Waals surface area contributed by atoms with Gasteiger partial charge in [0.1, 0.15) is 5.75 Å². The summed E-state index contributed by atoms with van der Waals surface area (Å²) < 4.78 is 12.5. The molecule has 2 aromatic heterocycles. The topological polar surface area (TPSA) is 79.1 Å². The van der Waals surface area contributed by atoms with Crippen LogP contribution in [0.2, 0.25) is 0 Å². The van der Waals surface area contributed by atoms with Gasteiger partial charge < -0.3 is 9.47 Å². The minimum Gasteiger partial charge on any atom is -0.465 e. The monoisotopic (exact) mass is 400 g/mol. The Kier molecular flexibility index (Phi) is 5.26. The van der Waals surface area contributed by atoms with Crippen molar-refractivity contribution in [1.29, 1.82) is 0 Å². The van der Waals surface area contributed by atoms with Crippen LogP contribution in [0.5, 0.6) is 11.6 Å². The zero-order valence-electron chi connectivity index (χ0n) is 16.9. The van der Waals surface area contributed by atoms with Gasteiger partial charge in [0.05, 0.1) is 18.4 Å². The highest BCUT2D eigenvalue weighted by Crippen LogP contribution is 2.26. The number of hydrogen-bond acceptors (Lipinski definition) is 6. The zero-order chi connectivity index (χ0) is 21.1. The molecule has 0 saturated carbocycles. The summed E-state index contributed by atoms with van der Waals surface area (Å²) in [7, 11) is 1.35. The molecule has 0 atom stereocenters. The Hall–Kier alpha value is -4.00. The van der Waals surface area contributed by atoms with Gasteiger partial charge in [-0.1, -0.05) is 30.3 Å². The summed E-state index contributed by atoms with van der Waals surface area (Å²) in [5.41, 5.74) is 3.17. The molecular formula is C23H20N4O3. The van der Waals surface area contributed by atoms with E-state index in [1.54, 1.807) is 35.0 Å². The fourth-order valence-corrected chi connectivity index (χ4v) is 3.05. The molecule has 0 aliphatic carbocycles. The molecule has 7 nitrogen and oxygen atoms in total. The van der Waals surface area contributed by atoms with E-state index in [-0.39, 0.29) is 0 Å². The molecule has 4 rings (SSSR count). The molecule has 2 heterocycles. The number of carbonyl (C=O) groups is 1. The van der Waals surface area contributed by atoms with Crippen LogP contribution in [0.15, 0.2) is 66.7 Å². The van der Waals surface area contributed by atoms with Crippen molar-refractivity contribution in [3.8, 4) is 28.8 Å². The van der Waals surface area contributed by atoms with Gasteiger partial charge in [-0.05, 0) is 44.2 Å². The van der Waals surface area contributed by atoms with Crippen LogP contribution in [0.1, 0.15) is 21.7 Å². The minimum absolute atomic E-state index is 0.372. The summed E-state index contributed by atoms with van der Waals surface area (Å²) >= 11 is 0. The molecule has 0 amide bonds. The fourth-order valence-electron chi connectivity index (χ4n) is 3.05. The average molecular weight is 400 g/mol. The van der Waals surface area contributed by atoms with Crippen LogP contribution in [0.3, 0.4) is 0 Å². The maximum atomic E-state index is 11.6. The summed E-state index contributed by atoms with van der Waals surface area (Å²) in [4.78, 5) is 20.9. The molecule has 4 aromatic rings. The molecule has 0 aliphatic rings. The lowest BCUT2D eigenvalue weighted by molar-refractivity contribution is 0.0600. The summed E-state index contributed by atoms with van der Waals surface area (Å²) in [6, 6.07) is 20.1. The van der Waals surface area contributed by atoms with Gasteiger partial charge in [-0.25, -0.2) is 14.5 Å². The lowest BCUT2D eigenvalue weighted by Crippen LogP contribution is -2.05. The Labute approximate surface area is 173 Å². The molecule has 0 radical (unpaired) electrons. The van der Waals surface area contributed by atoms with Gasteiger partial charge in [-0.15, -0.1) is 0 Å². The molecular weight excluding hydrogens is 380 g/mol. The third-order valence-electron chi connectivity index (χ3n) is 4.45.